The molecular weight excluding hydrogens is 445 g/mol. The Bertz CT molecular complexity index is 1200. The van der Waals surface area contributed by atoms with E-state index < -0.39 is 0 Å². The molecule has 0 aliphatic rings. The Kier molecular flexibility index (Phi) is 7.11. The lowest BCUT2D eigenvalue weighted by atomic mass is 10.0. The average Bonchev–Trinajstić information content (AvgIpc) is 3.25. The number of hydrogen-bond acceptors (Lipinski definition) is 8. The molecule has 0 saturated heterocycles. The van der Waals surface area contributed by atoms with E-state index in [9.17, 15) is 13.5 Å². The Hall–Kier alpha value is -3.57. The second-order valence-corrected chi connectivity index (χ2v) is 7.02. The van der Waals surface area contributed by atoms with Gasteiger partial charge in [-0.05, 0) is 24.6 Å². The van der Waals surface area contributed by atoms with E-state index in [1.807, 2.05) is 0 Å². The standard InChI is InChI=1S/C19H15ClFN7O2S/c1-11-6-24-17(26-10-30)5-16(11)23-7-14(19-25-9-28(27-19)31-21)18(22)13-4-12(8-29)2-3-15(13)20/h2-10H,22H2,1H3,(H,24,26,30)/b18-14+,23-7?. The molecule has 12 heteroatoms. The number of aryl methyl sites for hydroxylation is 1. The summed E-state index contributed by atoms with van der Waals surface area (Å²) in [4.78, 5) is 34.4. The normalized spacial score (nSPS) is 12.0. The van der Waals surface area contributed by atoms with Gasteiger partial charge in [-0.2, -0.15) is 4.09 Å². The van der Waals surface area contributed by atoms with Gasteiger partial charge in [0, 0.05) is 34.6 Å². The van der Waals surface area contributed by atoms with E-state index >= 15 is 0 Å². The van der Waals surface area contributed by atoms with Gasteiger partial charge in [-0.1, -0.05) is 17.7 Å². The number of aldehydes is 1. The van der Waals surface area contributed by atoms with Crippen LogP contribution in [0.3, 0.4) is 0 Å². The van der Waals surface area contributed by atoms with Crippen LogP contribution in [0.5, 0.6) is 0 Å². The zero-order valence-corrected chi connectivity index (χ0v) is 17.6. The molecule has 0 fully saturated rings. The summed E-state index contributed by atoms with van der Waals surface area (Å²) in [6.45, 7) is 1.79. The molecule has 9 nitrogen and oxygen atoms in total. The molecule has 0 aliphatic carbocycles. The molecule has 0 spiro atoms. The van der Waals surface area contributed by atoms with Crippen molar-refractivity contribution >= 4 is 65.6 Å². The van der Waals surface area contributed by atoms with Crippen LogP contribution in [0, 0.1) is 6.92 Å². The number of nitrogens with one attached hydrogen (secondary N) is 1. The number of halogens is 2. The van der Waals surface area contributed by atoms with Crippen LogP contribution in [0.4, 0.5) is 15.4 Å². The first-order chi connectivity index (χ1) is 15.0. The van der Waals surface area contributed by atoms with E-state index in [-0.39, 0.29) is 29.4 Å². The van der Waals surface area contributed by atoms with Crippen molar-refractivity contribution in [1.82, 2.24) is 19.2 Å². The minimum Gasteiger partial charge on any atom is -0.398 e. The maximum Gasteiger partial charge on any atom is 0.212 e. The van der Waals surface area contributed by atoms with Gasteiger partial charge in [-0.15, -0.1) is 8.98 Å². The summed E-state index contributed by atoms with van der Waals surface area (Å²) in [6, 6.07) is 6.17. The van der Waals surface area contributed by atoms with Crippen molar-refractivity contribution in [3.63, 3.8) is 0 Å². The molecule has 1 amide bonds. The van der Waals surface area contributed by atoms with Crippen LogP contribution in [-0.2, 0) is 4.79 Å². The van der Waals surface area contributed by atoms with Crippen molar-refractivity contribution in [3.8, 4) is 0 Å². The number of hydrogen-bond donors (Lipinski definition) is 2. The zero-order chi connectivity index (χ0) is 22.4. The summed E-state index contributed by atoms with van der Waals surface area (Å²) in [5.74, 6) is 0.404. The SMILES string of the molecule is Cc1cnc(NC=O)cc1N=C/C(=C(\N)c1cc(C=O)ccc1Cl)c1ncn(SF)n1. The number of carbonyl (C=O) groups is 2. The quantitative estimate of drug-likeness (QED) is 0.388. The summed E-state index contributed by atoms with van der Waals surface area (Å²) >= 11 is 6.14. The van der Waals surface area contributed by atoms with E-state index in [1.54, 1.807) is 25.3 Å². The van der Waals surface area contributed by atoms with Crippen LogP contribution >= 0.6 is 23.9 Å². The first-order valence-electron chi connectivity index (χ1n) is 8.63. The number of benzene rings is 1. The van der Waals surface area contributed by atoms with E-state index in [1.165, 1.54) is 24.7 Å². The highest BCUT2D eigenvalue weighted by Gasteiger charge is 2.15. The summed E-state index contributed by atoms with van der Waals surface area (Å²) in [7, 11) is 0. The lowest BCUT2D eigenvalue weighted by Gasteiger charge is -2.09. The van der Waals surface area contributed by atoms with Crippen LogP contribution in [0.15, 0.2) is 41.8 Å². The van der Waals surface area contributed by atoms with Gasteiger partial charge < -0.3 is 11.1 Å². The molecule has 2 heterocycles. The summed E-state index contributed by atoms with van der Waals surface area (Å²) in [5.41, 5.74) is 8.70. The van der Waals surface area contributed by atoms with Gasteiger partial charge in [0.2, 0.25) is 6.41 Å². The van der Waals surface area contributed by atoms with Crippen molar-refractivity contribution < 1.29 is 13.5 Å². The molecule has 3 aromatic rings. The van der Waals surface area contributed by atoms with Crippen molar-refractivity contribution in [2.24, 2.45) is 10.7 Å². The van der Waals surface area contributed by atoms with Crippen LogP contribution in [-0.4, -0.2) is 38.1 Å². The predicted molar refractivity (Wildman–Crippen MR) is 119 cm³/mol. The number of aromatic nitrogens is 4. The van der Waals surface area contributed by atoms with E-state index in [2.05, 4.69) is 25.4 Å². The number of rotatable bonds is 8. The van der Waals surface area contributed by atoms with Crippen LogP contribution in [0.2, 0.25) is 5.02 Å². The van der Waals surface area contributed by atoms with Gasteiger partial charge in [-0.3, -0.25) is 14.6 Å². The smallest absolute Gasteiger partial charge is 0.212 e. The second-order valence-electron chi connectivity index (χ2n) is 6.10. The number of nitrogens with zero attached hydrogens (tertiary/aromatic N) is 5. The van der Waals surface area contributed by atoms with Crippen molar-refractivity contribution in [2.75, 3.05) is 5.32 Å². The molecule has 158 valence electrons. The minimum absolute atomic E-state index is 0.0944. The predicted octanol–water partition coefficient (Wildman–Crippen LogP) is 3.63. The highest BCUT2D eigenvalue weighted by molar-refractivity contribution is 7.92. The lowest BCUT2D eigenvalue weighted by Crippen LogP contribution is -2.05. The van der Waals surface area contributed by atoms with Crippen LogP contribution in [0.25, 0.3) is 11.3 Å². The van der Waals surface area contributed by atoms with Gasteiger partial charge in [-0.25, -0.2) is 9.97 Å². The number of allylic oxidation sites excluding steroid dienone is 1. The van der Waals surface area contributed by atoms with Crippen LogP contribution < -0.4 is 11.1 Å². The molecule has 2 aromatic heterocycles. The maximum atomic E-state index is 12.9. The fourth-order valence-electron chi connectivity index (χ4n) is 2.55. The molecule has 3 rings (SSSR count). The molecule has 0 radical (unpaired) electrons. The first-order valence-corrected chi connectivity index (χ1v) is 9.68. The molecule has 0 unspecified atom stereocenters. The van der Waals surface area contributed by atoms with Crippen molar-refractivity contribution in [1.29, 1.82) is 0 Å². The fraction of sp³-hybridized carbons (Fsp3) is 0.0526. The highest BCUT2D eigenvalue weighted by atomic mass is 35.5. The number of pyridine rings is 1. The van der Waals surface area contributed by atoms with Crippen molar-refractivity contribution in [2.45, 2.75) is 6.92 Å². The molecule has 1 aromatic carbocycles. The van der Waals surface area contributed by atoms with Gasteiger partial charge >= 0.3 is 0 Å². The summed E-state index contributed by atoms with van der Waals surface area (Å²) < 4.78 is 13.8. The number of anilines is 1. The van der Waals surface area contributed by atoms with E-state index in [0.717, 1.165) is 9.65 Å². The van der Waals surface area contributed by atoms with Gasteiger partial charge in [0.25, 0.3) is 0 Å². The molecule has 3 N–H and O–H groups in total. The average molecular weight is 460 g/mol. The minimum atomic E-state index is -0.139. The monoisotopic (exact) mass is 459 g/mol. The highest BCUT2D eigenvalue weighted by Crippen LogP contribution is 2.28. The van der Waals surface area contributed by atoms with E-state index in [4.69, 9.17) is 17.3 Å². The topological polar surface area (TPSA) is 128 Å². The molecule has 0 atom stereocenters. The number of amides is 1. The fourth-order valence-corrected chi connectivity index (χ4v) is 2.96. The molecule has 31 heavy (non-hydrogen) atoms. The van der Waals surface area contributed by atoms with Gasteiger partial charge in [0.05, 0.1) is 17.0 Å². The third kappa shape index (κ3) is 5.13. The Morgan fingerprint density at radius 3 is 2.81 bits per heavy atom. The Morgan fingerprint density at radius 1 is 1.32 bits per heavy atom. The molecular formula is C19H15ClFN7O2S. The van der Waals surface area contributed by atoms with Gasteiger partial charge in [0.1, 0.15) is 18.4 Å². The van der Waals surface area contributed by atoms with Crippen molar-refractivity contribution in [3.05, 3.63) is 64.3 Å². The number of carbonyl (C=O) groups excluding carboxylic acids is 2. The molecule has 0 aliphatic heterocycles. The number of aliphatic imine (C=N–C) groups is 1. The third-order valence-electron chi connectivity index (χ3n) is 4.10. The first kappa shape index (κ1) is 22.1. The van der Waals surface area contributed by atoms with Gasteiger partial charge in [0.15, 0.2) is 18.2 Å². The third-order valence-corrected chi connectivity index (χ3v) is 4.75. The zero-order valence-electron chi connectivity index (χ0n) is 16.0. The Balaban J connectivity index is 2.15. The second kappa shape index (κ2) is 9.96. The largest absolute Gasteiger partial charge is 0.398 e. The summed E-state index contributed by atoms with van der Waals surface area (Å²) in [5, 5.41) is 6.76. The molecule has 0 saturated carbocycles. The lowest BCUT2D eigenvalue weighted by molar-refractivity contribution is -0.105. The van der Waals surface area contributed by atoms with E-state index in [0.29, 0.717) is 40.4 Å². The summed E-state index contributed by atoms with van der Waals surface area (Å²) in [6.07, 6.45) is 5.28. The maximum absolute atomic E-state index is 12.9. The van der Waals surface area contributed by atoms with Crippen LogP contribution in [0.1, 0.15) is 27.3 Å². The Labute approximate surface area is 185 Å². The number of nitrogens with two attached hydrogens (primary N) is 1. The molecule has 0 bridgehead atoms. The Morgan fingerprint density at radius 2 is 2.13 bits per heavy atom.